The van der Waals surface area contributed by atoms with Gasteiger partial charge in [0.05, 0.1) is 6.54 Å². The third-order valence-electron chi connectivity index (χ3n) is 4.04. The van der Waals surface area contributed by atoms with Crippen molar-refractivity contribution in [1.29, 1.82) is 0 Å². The zero-order valence-corrected chi connectivity index (χ0v) is 10.7. The van der Waals surface area contributed by atoms with Crippen molar-refractivity contribution in [2.24, 2.45) is 5.92 Å². The maximum Gasteiger partial charge on any atom is 0.242 e. The molecule has 2 amide bonds. The van der Waals surface area contributed by atoms with E-state index in [0.29, 0.717) is 13.0 Å². The van der Waals surface area contributed by atoms with Crippen LogP contribution < -0.4 is 0 Å². The average molecular weight is 238 g/mol. The molecule has 2 heterocycles. The first-order valence-electron chi connectivity index (χ1n) is 6.76. The van der Waals surface area contributed by atoms with Gasteiger partial charge in [0, 0.05) is 26.1 Å². The van der Waals surface area contributed by atoms with E-state index in [0.717, 1.165) is 44.8 Å². The molecule has 0 atom stereocenters. The molecule has 0 radical (unpaired) electrons. The number of nitrogens with zero attached hydrogens (tertiary/aromatic N) is 2. The highest BCUT2D eigenvalue weighted by Crippen LogP contribution is 2.20. The molecule has 0 N–H and O–H groups in total. The summed E-state index contributed by atoms with van der Waals surface area (Å²) >= 11 is 0. The third-order valence-corrected chi connectivity index (χ3v) is 4.04. The van der Waals surface area contributed by atoms with Crippen LogP contribution in [0.25, 0.3) is 0 Å². The second-order valence-corrected chi connectivity index (χ2v) is 5.15. The van der Waals surface area contributed by atoms with E-state index in [-0.39, 0.29) is 11.8 Å². The number of hydrogen-bond donors (Lipinski definition) is 0. The summed E-state index contributed by atoms with van der Waals surface area (Å²) in [7, 11) is 0. The minimum Gasteiger partial charge on any atom is -0.341 e. The van der Waals surface area contributed by atoms with Gasteiger partial charge in [0.2, 0.25) is 11.8 Å². The summed E-state index contributed by atoms with van der Waals surface area (Å²) in [5.74, 6) is 1.06. The molecular formula is C13H22N2O2. The molecule has 17 heavy (non-hydrogen) atoms. The normalized spacial score (nSPS) is 22.3. The molecule has 0 aromatic heterocycles. The second kappa shape index (κ2) is 5.52. The van der Waals surface area contributed by atoms with Gasteiger partial charge in [-0.1, -0.05) is 13.3 Å². The number of hydrogen-bond acceptors (Lipinski definition) is 2. The number of amides is 2. The Morgan fingerprint density at radius 3 is 2.53 bits per heavy atom. The molecule has 96 valence electrons. The minimum absolute atomic E-state index is 0.134. The molecule has 0 aliphatic carbocycles. The fourth-order valence-electron chi connectivity index (χ4n) is 2.73. The average Bonchev–Trinajstić information content (AvgIpc) is 2.75. The largest absolute Gasteiger partial charge is 0.341 e. The zero-order chi connectivity index (χ0) is 12.3. The van der Waals surface area contributed by atoms with Crippen molar-refractivity contribution in [2.75, 3.05) is 26.2 Å². The Morgan fingerprint density at radius 2 is 2.00 bits per heavy atom. The molecule has 2 saturated heterocycles. The van der Waals surface area contributed by atoms with Crippen LogP contribution >= 0.6 is 0 Å². The first kappa shape index (κ1) is 12.4. The van der Waals surface area contributed by atoms with Crippen molar-refractivity contribution in [3.05, 3.63) is 0 Å². The molecule has 0 spiro atoms. The highest BCUT2D eigenvalue weighted by molar-refractivity contribution is 5.85. The lowest BCUT2D eigenvalue weighted by molar-refractivity contribution is -0.139. The van der Waals surface area contributed by atoms with Gasteiger partial charge in [0.15, 0.2) is 0 Å². The van der Waals surface area contributed by atoms with E-state index in [9.17, 15) is 9.59 Å². The Labute approximate surface area is 103 Å². The topological polar surface area (TPSA) is 40.6 Å². The van der Waals surface area contributed by atoms with Crippen molar-refractivity contribution >= 4 is 11.8 Å². The van der Waals surface area contributed by atoms with Crippen LogP contribution in [0.3, 0.4) is 0 Å². The summed E-state index contributed by atoms with van der Waals surface area (Å²) in [6.45, 7) is 5.02. The smallest absolute Gasteiger partial charge is 0.242 e. The lowest BCUT2D eigenvalue weighted by atomic mass is 9.94. The van der Waals surface area contributed by atoms with Gasteiger partial charge >= 0.3 is 0 Å². The van der Waals surface area contributed by atoms with Crippen molar-refractivity contribution in [3.63, 3.8) is 0 Å². The second-order valence-electron chi connectivity index (χ2n) is 5.15. The maximum atomic E-state index is 12.0. The summed E-state index contributed by atoms with van der Waals surface area (Å²) in [4.78, 5) is 27.1. The predicted octanol–water partition coefficient (Wildman–Crippen LogP) is 1.26. The molecule has 0 aromatic rings. The minimum atomic E-state index is 0.134. The first-order valence-corrected chi connectivity index (χ1v) is 6.76. The van der Waals surface area contributed by atoms with Crippen LogP contribution in [0.4, 0.5) is 0 Å². The first-order chi connectivity index (χ1) is 8.20. The van der Waals surface area contributed by atoms with Crippen LogP contribution in [0, 0.1) is 5.92 Å². The standard InChI is InChI=1S/C13H22N2O2/c1-2-11-5-8-14(9-6-11)13(17)10-15-7-3-4-12(15)16/h11H,2-10H2,1H3. The molecular weight excluding hydrogens is 216 g/mol. The highest BCUT2D eigenvalue weighted by Gasteiger charge is 2.26. The van der Waals surface area contributed by atoms with Crippen molar-refractivity contribution < 1.29 is 9.59 Å². The van der Waals surface area contributed by atoms with Crippen LogP contribution in [-0.2, 0) is 9.59 Å². The van der Waals surface area contributed by atoms with E-state index in [1.807, 2.05) is 4.90 Å². The van der Waals surface area contributed by atoms with E-state index in [2.05, 4.69) is 6.92 Å². The summed E-state index contributed by atoms with van der Waals surface area (Å²) < 4.78 is 0. The van der Waals surface area contributed by atoms with Gasteiger partial charge in [0.1, 0.15) is 0 Å². The Bertz CT molecular complexity index is 296. The molecule has 2 rings (SSSR count). The SMILES string of the molecule is CCC1CCN(C(=O)CN2CCCC2=O)CC1. The lowest BCUT2D eigenvalue weighted by Gasteiger charge is -2.32. The summed E-state index contributed by atoms with van der Waals surface area (Å²) in [6, 6.07) is 0. The van der Waals surface area contributed by atoms with Crippen LogP contribution in [0.5, 0.6) is 0 Å². The highest BCUT2D eigenvalue weighted by atomic mass is 16.2. The van der Waals surface area contributed by atoms with E-state index in [1.54, 1.807) is 4.90 Å². The van der Waals surface area contributed by atoms with Crippen LogP contribution in [0.2, 0.25) is 0 Å². The Morgan fingerprint density at radius 1 is 1.29 bits per heavy atom. The quantitative estimate of drug-likeness (QED) is 0.742. The molecule has 2 aliphatic rings. The fourth-order valence-corrected chi connectivity index (χ4v) is 2.73. The van der Waals surface area contributed by atoms with Gasteiger partial charge in [-0.15, -0.1) is 0 Å². The fraction of sp³-hybridized carbons (Fsp3) is 0.846. The summed E-state index contributed by atoms with van der Waals surface area (Å²) in [5, 5.41) is 0. The van der Waals surface area contributed by atoms with E-state index >= 15 is 0 Å². The number of rotatable bonds is 3. The summed E-state index contributed by atoms with van der Waals surface area (Å²) in [6.07, 6.45) is 4.98. The van der Waals surface area contributed by atoms with Crippen molar-refractivity contribution in [2.45, 2.75) is 39.0 Å². The van der Waals surface area contributed by atoms with E-state index in [1.165, 1.54) is 6.42 Å². The molecule has 2 aliphatic heterocycles. The molecule has 4 heteroatoms. The lowest BCUT2D eigenvalue weighted by Crippen LogP contribution is -2.44. The van der Waals surface area contributed by atoms with Gasteiger partial charge in [-0.2, -0.15) is 0 Å². The molecule has 0 unspecified atom stereocenters. The Balaban J connectivity index is 1.78. The van der Waals surface area contributed by atoms with Crippen LogP contribution in [-0.4, -0.2) is 47.8 Å². The number of likely N-dealkylation sites (tertiary alicyclic amines) is 2. The maximum absolute atomic E-state index is 12.0. The molecule has 2 fully saturated rings. The summed E-state index contributed by atoms with van der Waals surface area (Å²) in [5.41, 5.74) is 0. The number of carbonyl (C=O) groups is 2. The van der Waals surface area contributed by atoms with Gasteiger partial charge < -0.3 is 9.80 Å². The van der Waals surface area contributed by atoms with Crippen molar-refractivity contribution in [1.82, 2.24) is 9.80 Å². The number of piperidine rings is 1. The van der Waals surface area contributed by atoms with Crippen LogP contribution in [0.15, 0.2) is 0 Å². The predicted molar refractivity (Wildman–Crippen MR) is 65.4 cm³/mol. The van der Waals surface area contributed by atoms with Gasteiger partial charge in [-0.3, -0.25) is 9.59 Å². The Kier molecular flexibility index (Phi) is 4.02. The third kappa shape index (κ3) is 2.99. The molecule has 4 nitrogen and oxygen atoms in total. The van der Waals surface area contributed by atoms with E-state index in [4.69, 9.17) is 0 Å². The van der Waals surface area contributed by atoms with Crippen molar-refractivity contribution in [3.8, 4) is 0 Å². The monoisotopic (exact) mass is 238 g/mol. The van der Waals surface area contributed by atoms with E-state index < -0.39 is 0 Å². The van der Waals surface area contributed by atoms with Crippen LogP contribution in [0.1, 0.15) is 39.0 Å². The zero-order valence-electron chi connectivity index (χ0n) is 10.7. The number of carbonyl (C=O) groups excluding carboxylic acids is 2. The van der Waals surface area contributed by atoms with Gasteiger partial charge in [0.25, 0.3) is 0 Å². The molecule has 0 bridgehead atoms. The Hall–Kier alpha value is -1.06. The van der Waals surface area contributed by atoms with Gasteiger partial charge in [-0.25, -0.2) is 0 Å². The molecule has 0 aromatic carbocycles. The molecule has 0 saturated carbocycles. The van der Waals surface area contributed by atoms with Gasteiger partial charge in [-0.05, 0) is 25.2 Å².